The molecule has 2 nitrogen and oxygen atoms in total. The molecular formula is C10H20F2N2. The summed E-state index contributed by atoms with van der Waals surface area (Å²) in [7, 11) is 1.76. The summed E-state index contributed by atoms with van der Waals surface area (Å²) >= 11 is 0. The van der Waals surface area contributed by atoms with Crippen molar-refractivity contribution in [3.05, 3.63) is 0 Å². The van der Waals surface area contributed by atoms with Gasteiger partial charge in [-0.25, -0.2) is 8.78 Å². The van der Waals surface area contributed by atoms with Crippen LogP contribution < -0.4 is 5.73 Å². The van der Waals surface area contributed by atoms with E-state index in [0.717, 1.165) is 32.2 Å². The topological polar surface area (TPSA) is 29.3 Å². The molecule has 0 heterocycles. The van der Waals surface area contributed by atoms with Crippen LogP contribution in [0.1, 0.15) is 25.7 Å². The van der Waals surface area contributed by atoms with Gasteiger partial charge in [0.05, 0.1) is 6.54 Å². The van der Waals surface area contributed by atoms with Gasteiger partial charge in [0.2, 0.25) is 0 Å². The summed E-state index contributed by atoms with van der Waals surface area (Å²) in [5.41, 5.74) is 5.77. The van der Waals surface area contributed by atoms with Crippen LogP contribution in [-0.4, -0.2) is 37.5 Å². The van der Waals surface area contributed by atoms with Crippen LogP contribution in [0.15, 0.2) is 0 Å². The first-order valence-corrected chi connectivity index (χ1v) is 5.30. The molecule has 1 aliphatic carbocycles. The number of nitrogens with zero attached hydrogens (tertiary/aromatic N) is 1. The molecule has 0 unspecified atom stereocenters. The van der Waals surface area contributed by atoms with Crippen LogP contribution >= 0.6 is 0 Å². The van der Waals surface area contributed by atoms with Crippen LogP contribution in [0, 0.1) is 5.92 Å². The minimum absolute atomic E-state index is 0.109. The van der Waals surface area contributed by atoms with Crippen LogP contribution in [0.2, 0.25) is 0 Å². The lowest BCUT2D eigenvalue weighted by Gasteiger charge is -2.29. The quantitative estimate of drug-likeness (QED) is 0.758. The van der Waals surface area contributed by atoms with E-state index >= 15 is 0 Å². The van der Waals surface area contributed by atoms with Crippen LogP contribution in [0.5, 0.6) is 0 Å². The van der Waals surface area contributed by atoms with E-state index in [9.17, 15) is 8.78 Å². The first-order chi connectivity index (χ1) is 6.58. The summed E-state index contributed by atoms with van der Waals surface area (Å²) in [4.78, 5) is 1.73. The van der Waals surface area contributed by atoms with Gasteiger partial charge in [0, 0.05) is 12.6 Å². The minimum atomic E-state index is -2.22. The maximum atomic E-state index is 12.0. The molecule has 0 aliphatic heterocycles. The van der Waals surface area contributed by atoms with Gasteiger partial charge in [-0.2, -0.15) is 0 Å². The average molecular weight is 206 g/mol. The van der Waals surface area contributed by atoms with Crippen molar-refractivity contribution in [3.8, 4) is 0 Å². The van der Waals surface area contributed by atoms with Crippen molar-refractivity contribution in [1.29, 1.82) is 0 Å². The standard InChI is InChI=1S/C10H20F2N2/c1-14(7-10(11)12)6-8-2-4-9(13)5-3-8/h8-10H,2-7,13H2,1H3. The lowest BCUT2D eigenvalue weighted by Crippen LogP contribution is -2.34. The van der Waals surface area contributed by atoms with Crippen molar-refractivity contribution < 1.29 is 8.78 Å². The molecule has 4 heteroatoms. The molecule has 1 saturated carbocycles. The summed E-state index contributed by atoms with van der Waals surface area (Å²) < 4.78 is 24.1. The van der Waals surface area contributed by atoms with E-state index in [2.05, 4.69) is 0 Å². The van der Waals surface area contributed by atoms with Crippen LogP contribution in [0.3, 0.4) is 0 Å². The van der Waals surface area contributed by atoms with Crippen LogP contribution in [-0.2, 0) is 0 Å². The third kappa shape index (κ3) is 4.33. The molecule has 84 valence electrons. The molecule has 0 atom stereocenters. The third-order valence-corrected chi connectivity index (χ3v) is 2.91. The second-order valence-electron chi connectivity index (χ2n) is 4.39. The SMILES string of the molecule is CN(CC(F)F)CC1CCC(N)CC1. The third-order valence-electron chi connectivity index (χ3n) is 2.91. The van der Waals surface area contributed by atoms with Crippen molar-refractivity contribution in [3.63, 3.8) is 0 Å². The van der Waals surface area contributed by atoms with E-state index in [0.29, 0.717) is 12.0 Å². The molecule has 0 aromatic carbocycles. The predicted octanol–water partition coefficient (Wildman–Crippen LogP) is 1.70. The zero-order chi connectivity index (χ0) is 10.6. The van der Waals surface area contributed by atoms with Crippen LogP contribution in [0.4, 0.5) is 8.78 Å². The van der Waals surface area contributed by atoms with Crippen molar-refractivity contribution >= 4 is 0 Å². The van der Waals surface area contributed by atoms with Gasteiger partial charge in [0.25, 0.3) is 6.43 Å². The minimum Gasteiger partial charge on any atom is -0.328 e. The van der Waals surface area contributed by atoms with Crippen molar-refractivity contribution in [2.24, 2.45) is 11.7 Å². The molecule has 0 aromatic heterocycles. The monoisotopic (exact) mass is 206 g/mol. The molecule has 0 saturated heterocycles. The van der Waals surface area contributed by atoms with Gasteiger partial charge in [0.15, 0.2) is 0 Å². The Bertz CT molecular complexity index is 156. The van der Waals surface area contributed by atoms with E-state index in [1.54, 1.807) is 11.9 Å². The lowest BCUT2D eigenvalue weighted by molar-refractivity contribution is 0.0887. The predicted molar refractivity (Wildman–Crippen MR) is 53.4 cm³/mol. The van der Waals surface area contributed by atoms with E-state index in [1.807, 2.05) is 0 Å². The van der Waals surface area contributed by atoms with Crippen molar-refractivity contribution in [2.75, 3.05) is 20.1 Å². The number of rotatable bonds is 4. The summed E-state index contributed by atoms with van der Waals surface area (Å²) in [5, 5.41) is 0. The molecule has 0 spiro atoms. The molecule has 0 radical (unpaired) electrons. The van der Waals surface area contributed by atoms with Gasteiger partial charge < -0.3 is 10.6 Å². The highest BCUT2D eigenvalue weighted by atomic mass is 19.3. The molecule has 1 fully saturated rings. The molecular weight excluding hydrogens is 186 g/mol. The maximum Gasteiger partial charge on any atom is 0.251 e. The van der Waals surface area contributed by atoms with E-state index in [1.165, 1.54) is 0 Å². The molecule has 0 aromatic rings. The Morgan fingerprint density at radius 1 is 1.29 bits per heavy atom. The Balaban J connectivity index is 2.17. The molecule has 14 heavy (non-hydrogen) atoms. The number of hydrogen-bond acceptors (Lipinski definition) is 2. The highest BCUT2D eigenvalue weighted by Crippen LogP contribution is 2.23. The summed E-state index contributed by atoms with van der Waals surface area (Å²) in [6.45, 7) is 0.680. The van der Waals surface area contributed by atoms with Gasteiger partial charge in [-0.3, -0.25) is 0 Å². The average Bonchev–Trinajstić information content (AvgIpc) is 2.07. The molecule has 0 bridgehead atoms. The molecule has 1 aliphatic rings. The van der Waals surface area contributed by atoms with E-state index in [4.69, 9.17) is 5.73 Å². The lowest BCUT2D eigenvalue weighted by atomic mass is 9.86. The Kier molecular flexibility index (Phi) is 4.75. The van der Waals surface area contributed by atoms with Gasteiger partial charge in [-0.15, -0.1) is 0 Å². The first kappa shape index (κ1) is 11.9. The Morgan fingerprint density at radius 3 is 2.36 bits per heavy atom. The second kappa shape index (κ2) is 5.61. The van der Waals surface area contributed by atoms with Crippen molar-refractivity contribution in [2.45, 2.75) is 38.2 Å². The van der Waals surface area contributed by atoms with E-state index in [-0.39, 0.29) is 6.54 Å². The maximum absolute atomic E-state index is 12.0. The van der Waals surface area contributed by atoms with Gasteiger partial charge in [-0.05, 0) is 38.6 Å². The van der Waals surface area contributed by atoms with Gasteiger partial charge >= 0.3 is 0 Å². The largest absolute Gasteiger partial charge is 0.328 e. The number of alkyl halides is 2. The molecule has 1 rings (SSSR count). The number of halogens is 2. The zero-order valence-corrected chi connectivity index (χ0v) is 8.76. The number of hydrogen-bond donors (Lipinski definition) is 1. The van der Waals surface area contributed by atoms with E-state index < -0.39 is 6.43 Å². The highest BCUT2D eigenvalue weighted by molar-refractivity contribution is 4.76. The second-order valence-corrected chi connectivity index (χ2v) is 4.39. The summed E-state index contributed by atoms with van der Waals surface area (Å²) in [6, 6.07) is 0.339. The highest BCUT2D eigenvalue weighted by Gasteiger charge is 2.20. The van der Waals surface area contributed by atoms with Gasteiger partial charge in [0.1, 0.15) is 0 Å². The normalized spacial score (nSPS) is 28.7. The fourth-order valence-corrected chi connectivity index (χ4v) is 2.12. The van der Waals surface area contributed by atoms with Crippen molar-refractivity contribution in [1.82, 2.24) is 4.90 Å². The van der Waals surface area contributed by atoms with Crippen LogP contribution in [0.25, 0.3) is 0 Å². The fourth-order valence-electron chi connectivity index (χ4n) is 2.12. The summed E-state index contributed by atoms with van der Waals surface area (Å²) in [6.07, 6.45) is 2.06. The Hall–Kier alpha value is -0.220. The molecule has 0 amide bonds. The first-order valence-electron chi connectivity index (χ1n) is 5.30. The summed E-state index contributed by atoms with van der Waals surface area (Å²) in [5.74, 6) is 0.568. The Morgan fingerprint density at radius 2 is 1.86 bits per heavy atom. The smallest absolute Gasteiger partial charge is 0.251 e. The zero-order valence-electron chi connectivity index (χ0n) is 8.76. The number of nitrogens with two attached hydrogens (primary N) is 1. The molecule has 2 N–H and O–H groups in total. The van der Waals surface area contributed by atoms with Gasteiger partial charge in [-0.1, -0.05) is 0 Å². The Labute approximate surface area is 84.4 Å². The fraction of sp³-hybridized carbons (Fsp3) is 1.00.